The first-order valence-electron chi connectivity index (χ1n) is 7.43. The molecule has 1 unspecified atom stereocenters. The maximum absolute atomic E-state index is 12.2. The zero-order chi connectivity index (χ0) is 16.5. The molecule has 3 nitrogen and oxygen atoms in total. The predicted octanol–water partition coefficient (Wildman–Crippen LogP) is 3.65. The van der Waals surface area contributed by atoms with E-state index in [-0.39, 0.29) is 5.54 Å². The fourth-order valence-electron chi connectivity index (χ4n) is 2.92. The van der Waals surface area contributed by atoms with Crippen LogP contribution in [0.2, 0.25) is 0 Å². The molecule has 1 aliphatic heterocycles. The van der Waals surface area contributed by atoms with Crippen LogP contribution in [-0.4, -0.2) is 14.7 Å². The average molecular weight is 325 g/mol. The van der Waals surface area contributed by atoms with Crippen LogP contribution in [0.25, 0.3) is 11.1 Å². The summed E-state index contributed by atoms with van der Waals surface area (Å²) in [5, 5.41) is 3.36. The van der Waals surface area contributed by atoms with Gasteiger partial charge in [-0.15, -0.1) is 0 Å². The monoisotopic (exact) mass is 325 g/mol. The predicted molar refractivity (Wildman–Crippen MR) is 93.8 cm³/mol. The van der Waals surface area contributed by atoms with Crippen LogP contribution < -0.4 is 5.32 Å². The SMILES string of the molecule is CC1(c2ccccc2-c2ccccc2S(C)(=O)=O)C=CC=CN1. The van der Waals surface area contributed by atoms with Crippen LogP contribution in [0.1, 0.15) is 12.5 Å². The molecule has 118 valence electrons. The molecule has 1 aliphatic rings. The minimum absolute atomic E-state index is 0.353. The maximum Gasteiger partial charge on any atom is 0.176 e. The van der Waals surface area contributed by atoms with Gasteiger partial charge in [0, 0.05) is 11.8 Å². The molecule has 1 atom stereocenters. The summed E-state index contributed by atoms with van der Waals surface area (Å²) in [7, 11) is -3.30. The average Bonchev–Trinajstić information content (AvgIpc) is 2.55. The van der Waals surface area contributed by atoms with Gasteiger partial charge in [0.15, 0.2) is 9.84 Å². The molecule has 0 radical (unpaired) electrons. The van der Waals surface area contributed by atoms with Crippen LogP contribution in [-0.2, 0) is 15.4 Å². The summed E-state index contributed by atoms with van der Waals surface area (Å²) in [5.74, 6) is 0. The molecule has 23 heavy (non-hydrogen) atoms. The molecule has 1 heterocycles. The van der Waals surface area contributed by atoms with Crippen LogP contribution >= 0.6 is 0 Å². The number of benzene rings is 2. The molecule has 2 aromatic carbocycles. The van der Waals surface area contributed by atoms with E-state index in [1.54, 1.807) is 12.1 Å². The summed E-state index contributed by atoms with van der Waals surface area (Å²) in [4.78, 5) is 0.353. The van der Waals surface area contributed by atoms with Gasteiger partial charge < -0.3 is 5.32 Å². The van der Waals surface area contributed by atoms with E-state index in [9.17, 15) is 8.42 Å². The fourth-order valence-corrected chi connectivity index (χ4v) is 3.83. The van der Waals surface area contributed by atoms with E-state index in [0.717, 1.165) is 16.7 Å². The zero-order valence-corrected chi connectivity index (χ0v) is 14.0. The minimum atomic E-state index is -3.30. The molecule has 2 aromatic rings. The lowest BCUT2D eigenvalue weighted by Crippen LogP contribution is -2.35. The standard InChI is InChI=1S/C19H19NO2S/c1-19(13-7-8-14-20-19)17-11-5-3-9-15(17)16-10-4-6-12-18(16)23(2,21)22/h3-14,20H,1-2H3. The van der Waals surface area contributed by atoms with Gasteiger partial charge in [0.1, 0.15) is 0 Å². The highest BCUT2D eigenvalue weighted by atomic mass is 32.2. The van der Waals surface area contributed by atoms with E-state index in [1.165, 1.54) is 6.26 Å². The van der Waals surface area contributed by atoms with Gasteiger partial charge in [-0.1, -0.05) is 54.6 Å². The number of hydrogen-bond donors (Lipinski definition) is 1. The third-order valence-electron chi connectivity index (χ3n) is 4.08. The molecule has 1 N–H and O–H groups in total. The zero-order valence-electron chi connectivity index (χ0n) is 13.2. The van der Waals surface area contributed by atoms with Crippen LogP contribution in [0.15, 0.2) is 77.9 Å². The molecule has 0 bridgehead atoms. The summed E-state index contributed by atoms with van der Waals surface area (Å²) < 4.78 is 24.3. The van der Waals surface area contributed by atoms with Crippen molar-refractivity contribution in [3.05, 3.63) is 78.5 Å². The normalized spacial score (nSPS) is 20.3. The Labute approximate surface area is 137 Å². The second kappa shape index (κ2) is 5.70. The summed E-state index contributed by atoms with van der Waals surface area (Å²) in [5.41, 5.74) is 2.31. The Kier molecular flexibility index (Phi) is 3.86. The van der Waals surface area contributed by atoms with E-state index in [1.807, 2.05) is 54.8 Å². The van der Waals surface area contributed by atoms with Crippen molar-refractivity contribution < 1.29 is 8.42 Å². The molecule has 3 rings (SSSR count). The molecule has 0 saturated carbocycles. The molecule has 0 aliphatic carbocycles. The van der Waals surface area contributed by atoms with Crippen LogP contribution in [0.3, 0.4) is 0 Å². The third-order valence-corrected chi connectivity index (χ3v) is 5.24. The van der Waals surface area contributed by atoms with E-state index < -0.39 is 9.84 Å². The molecule has 0 aromatic heterocycles. The van der Waals surface area contributed by atoms with Gasteiger partial charge in [0.05, 0.1) is 10.4 Å². The van der Waals surface area contributed by atoms with Gasteiger partial charge >= 0.3 is 0 Å². The molecular formula is C19H19NO2S. The first kappa shape index (κ1) is 15.6. The summed E-state index contributed by atoms with van der Waals surface area (Å²) >= 11 is 0. The van der Waals surface area contributed by atoms with Gasteiger partial charge in [0.25, 0.3) is 0 Å². The van der Waals surface area contributed by atoms with Crippen molar-refractivity contribution in [1.82, 2.24) is 5.32 Å². The van der Waals surface area contributed by atoms with Gasteiger partial charge in [-0.25, -0.2) is 8.42 Å². The molecule has 4 heteroatoms. The van der Waals surface area contributed by atoms with Crippen LogP contribution in [0.5, 0.6) is 0 Å². The number of allylic oxidation sites excluding steroid dienone is 2. The van der Waals surface area contributed by atoms with Crippen LogP contribution in [0, 0.1) is 0 Å². The second-order valence-corrected chi connectivity index (χ2v) is 7.86. The highest BCUT2D eigenvalue weighted by molar-refractivity contribution is 7.90. The topological polar surface area (TPSA) is 46.2 Å². The molecular weight excluding hydrogens is 306 g/mol. The highest BCUT2D eigenvalue weighted by Gasteiger charge is 2.27. The minimum Gasteiger partial charge on any atom is -0.378 e. The van der Waals surface area contributed by atoms with Crippen LogP contribution in [0.4, 0.5) is 0 Å². The van der Waals surface area contributed by atoms with Crippen molar-refractivity contribution in [2.45, 2.75) is 17.4 Å². The van der Waals surface area contributed by atoms with Crippen molar-refractivity contribution in [2.24, 2.45) is 0 Å². The van der Waals surface area contributed by atoms with E-state index in [4.69, 9.17) is 0 Å². The smallest absolute Gasteiger partial charge is 0.176 e. The Balaban J connectivity index is 2.25. The molecule has 0 fully saturated rings. The van der Waals surface area contributed by atoms with E-state index >= 15 is 0 Å². The van der Waals surface area contributed by atoms with Gasteiger partial charge in [0.2, 0.25) is 0 Å². The lowest BCUT2D eigenvalue weighted by atomic mass is 9.84. The van der Waals surface area contributed by atoms with E-state index in [0.29, 0.717) is 4.90 Å². The van der Waals surface area contributed by atoms with Gasteiger partial charge in [-0.3, -0.25) is 0 Å². The number of nitrogens with one attached hydrogen (secondary N) is 1. The highest BCUT2D eigenvalue weighted by Crippen LogP contribution is 2.36. The van der Waals surface area contributed by atoms with Crippen molar-refractivity contribution in [1.29, 1.82) is 0 Å². The Morgan fingerprint density at radius 1 is 0.913 bits per heavy atom. The summed E-state index contributed by atoms with van der Waals surface area (Å²) in [6.07, 6.45) is 9.16. The number of dihydropyridines is 1. The first-order valence-corrected chi connectivity index (χ1v) is 9.32. The van der Waals surface area contributed by atoms with Crippen molar-refractivity contribution in [3.8, 4) is 11.1 Å². The lowest BCUT2D eigenvalue weighted by molar-refractivity contribution is 0.525. The van der Waals surface area contributed by atoms with Gasteiger partial charge in [-0.05, 0) is 36.4 Å². The number of rotatable bonds is 3. The molecule has 0 saturated heterocycles. The van der Waals surface area contributed by atoms with Gasteiger partial charge in [-0.2, -0.15) is 0 Å². The second-order valence-electron chi connectivity index (χ2n) is 5.88. The quantitative estimate of drug-likeness (QED) is 0.937. The Morgan fingerprint density at radius 3 is 2.22 bits per heavy atom. The largest absolute Gasteiger partial charge is 0.378 e. The Bertz CT molecular complexity index is 897. The first-order chi connectivity index (χ1) is 10.9. The Morgan fingerprint density at radius 2 is 1.57 bits per heavy atom. The summed E-state index contributed by atoms with van der Waals surface area (Å²) in [6, 6.07) is 15.1. The Hall–Kier alpha value is -2.33. The van der Waals surface area contributed by atoms with Crippen molar-refractivity contribution in [3.63, 3.8) is 0 Å². The maximum atomic E-state index is 12.2. The van der Waals surface area contributed by atoms with E-state index in [2.05, 4.69) is 18.3 Å². The third kappa shape index (κ3) is 2.94. The molecule has 0 spiro atoms. The molecule has 0 amide bonds. The number of sulfone groups is 1. The van der Waals surface area contributed by atoms with Crippen molar-refractivity contribution >= 4 is 9.84 Å². The fraction of sp³-hybridized carbons (Fsp3) is 0.158. The summed E-state index contributed by atoms with van der Waals surface area (Å²) in [6.45, 7) is 2.08. The number of hydrogen-bond acceptors (Lipinski definition) is 3. The lowest BCUT2D eigenvalue weighted by Gasteiger charge is -2.31. The van der Waals surface area contributed by atoms with Crippen molar-refractivity contribution in [2.75, 3.05) is 6.26 Å².